The van der Waals surface area contributed by atoms with Crippen LogP contribution >= 0.6 is 15.9 Å². The van der Waals surface area contributed by atoms with Crippen LogP contribution in [0.4, 0.5) is 0 Å². The van der Waals surface area contributed by atoms with Gasteiger partial charge in [0.25, 0.3) is 0 Å². The van der Waals surface area contributed by atoms with Crippen LogP contribution in [-0.2, 0) is 6.54 Å². The molecule has 0 unspecified atom stereocenters. The maximum absolute atomic E-state index is 9.03. The molecular weight excluding hydrogens is 218 g/mol. The van der Waals surface area contributed by atoms with Crippen molar-refractivity contribution in [1.82, 2.24) is 5.32 Å². The molecule has 2 N–H and O–H groups in total. The molecule has 1 atom stereocenters. The molecule has 1 aliphatic rings. The van der Waals surface area contributed by atoms with Gasteiger partial charge in [-0.15, -0.1) is 0 Å². The molecule has 0 aromatic heterocycles. The molecule has 2 rings (SSSR count). The third-order valence-electron chi connectivity index (χ3n) is 2.24. The monoisotopic (exact) mass is 227 g/mol. The number of benzene rings is 1. The lowest BCUT2D eigenvalue weighted by Crippen LogP contribution is -2.15. The van der Waals surface area contributed by atoms with E-state index < -0.39 is 0 Å². The Labute approximate surface area is 79.7 Å². The Morgan fingerprint density at radius 3 is 3.17 bits per heavy atom. The van der Waals surface area contributed by atoms with Crippen molar-refractivity contribution in [2.45, 2.75) is 12.6 Å². The molecule has 0 saturated carbocycles. The Morgan fingerprint density at radius 2 is 2.42 bits per heavy atom. The van der Waals surface area contributed by atoms with E-state index in [1.165, 1.54) is 11.1 Å². The number of rotatable bonds is 1. The lowest BCUT2D eigenvalue weighted by molar-refractivity contribution is 0.251. The fourth-order valence-corrected chi connectivity index (χ4v) is 2.11. The molecule has 1 heterocycles. The van der Waals surface area contributed by atoms with Gasteiger partial charge in [-0.05, 0) is 17.2 Å². The van der Waals surface area contributed by atoms with Crippen LogP contribution in [0.15, 0.2) is 22.7 Å². The first kappa shape index (κ1) is 8.23. The molecule has 0 fully saturated rings. The molecule has 0 bridgehead atoms. The van der Waals surface area contributed by atoms with Crippen molar-refractivity contribution < 1.29 is 5.11 Å². The van der Waals surface area contributed by atoms with Gasteiger partial charge in [-0.3, -0.25) is 0 Å². The highest BCUT2D eigenvalue weighted by Crippen LogP contribution is 2.30. The fraction of sp³-hybridized carbons (Fsp3) is 0.333. The van der Waals surface area contributed by atoms with E-state index in [1.807, 2.05) is 12.1 Å². The Balaban J connectivity index is 2.46. The van der Waals surface area contributed by atoms with Crippen LogP contribution in [-0.4, -0.2) is 11.7 Å². The zero-order valence-corrected chi connectivity index (χ0v) is 8.13. The summed E-state index contributed by atoms with van der Waals surface area (Å²) < 4.78 is 1.13. The minimum Gasteiger partial charge on any atom is -0.394 e. The van der Waals surface area contributed by atoms with Gasteiger partial charge in [0.2, 0.25) is 0 Å². The third-order valence-corrected chi connectivity index (χ3v) is 2.98. The van der Waals surface area contributed by atoms with Gasteiger partial charge in [0, 0.05) is 11.0 Å². The Kier molecular flexibility index (Phi) is 2.17. The Hall–Kier alpha value is -0.380. The van der Waals surface area contributed by atoms with E-state index in [1.54, 1.807) is 0 Å². The molecule has 0 radical (unpaired) electrons. The summed E-state index contributed by atoms with van der Waals surface area (Å²) in [5.74, 6) is 0. The summed E-state index contributed by atoms with van der Waals surface area (Å²) in [7, 11) is 0. The molecular formula is C9H10BrNO. The number of aliphatic hydroxyl groups excluding tert-OH is 1. The van der Waals surface area contributed by atoms with Crippen LogP contribution in [0.25, 0.3) is 0 Å². The average Bonchev–Trinajstić information content (AvgIpc) is 2.49. The molecule has 0 amide bonds. The second-order valence-corrected chi connectivity index (χ2v) is 3.78. The number of hydrogen-bond donors (Lipinski definition) is 2. The van der Waals surface area contributed by atoms with Crippen LogP contribution in [0, 0.1) is 0 Å². The number of halogens is 1. The standard InChI is InChI=1S/C9H10BrNO/c10-8-3-1-2-6-7(8)4-11-9(6)5-12/h1-3,9,11-12H,4-5H2/t9-/m0/s1. The third kappa shape index (κ3) is 1.18. The van der Waals surface area contributed by atoms with Crippen molar-refractivity contribution in [3.05, 3.63) is 33.8 Å². The quantitative estimate of drug-likeness (QED) is 0.764. The molecule has 64 valence electrons. The van der Waals surface area contributed by atoms with Crippen molar-refractivity contribution in [2.24, 2.45) is 0 Å². The summed E-state index contributed by atoms with van der Waals surface area (Å²) in [6.45, 7) is 1.02. The number of fused-ring (bicyclic) bond motifs is 1. The molecule has 3 heteroatoms. The van der Waals surface area contributed by atoms with Crippen LogP contribution in [0.5, 0.6) is 0 Å². The predicted molar refractivity (Wildman–Crippen MR) is 50.8 cm³/mol. The highest BCUT2D eigenvalue weighted by atomic mass is 79.9. The second kappa shape index (κ2) is 3.17. The number of hydrogen-bond acceptors (Lipinski definition) is 2. The number of nitrogens with one attached hydrogen (secondary N) is 1. The van der Waals surface area contributed by atoms with Crippen LogP contribution in [0.1, 0.15) is 17.2 Å². The summed E-state index contributed by atoms with van der Waals surface area (Å²) in [6, 6.07) is 6.21. The van der Waals surface area contributed by atoms with Crippen LogP contribution < -0.4 is 5.32 Å². The fourth-order valence-electron chi connectivity index (χ4n) is 1.59. The predicted octanol–water partition coefficient (Wildman–Crippen LogP) is 1.59. The van der Waals surface area contributed by atoms with Crippen molar-refractivity contribution in [2.75, 3.05) is 6.61 Å². The molecule has 0 spiro atoms. The van der Waals surface area contributed by atoms with Crippen molar-refractivity contribution in [3.63, 3.8) is 0 Å². The zero-order valence-electron chi connectivity index (χ0n) is 6.55. The summed E-state index contributed by atoms with van der Waals surface area (Å²) in [4.78, 5) is 0. The highest BCUT2D eigenvalue weighted by Gasteiger charge is 2.21. The van der Waals surface area contributed by atoms with Gasteiger partial charge in [-0.1, -0.05) is 28.1 Å². The van der Waals surface area contributed by atoms with E-state index in [4.69, 9.17) is 5.11 Å². The molecule has 0 saturated heterocycles. The lowest BCUT2D eigenvalue weighted by atomic mass is 10.1. The van der Waals surface area contributed by atoms with Gasteiger partial charge < -0.3 is 10.4 Å². The van der Waals surface area contributed by atoms with Crippen molar-refractivity contribution in [1.29, 1.82) is 0 Å². The van der Waals surface area contributed by atoms with Gasteiger partial charge >= 0.3 is 0 Å². The Morgan fingerprint density at radius 1 is 1.58 bits per heavy atom. The summed E-state index contributed by atoms with van der Waals surface area (Å²) in [5, 5.41) is 12.3. The van der Waals surface area contributed by atoms with Crippen LogP contribution in [0.2, 0.25) is 0 Å². The first-order valence-electron chi connectivity index (χ1n) is 3.94. The van der Waals surface area contributed by atoms with E-state index in [0.717, 1.165) is 11.0 Å². The van der Waals surface area contributed by atoms with E-state index >= 15 is 0 Å². The number of aliphatic hydroxyl groups is 1. The topological polar surface area (TPSA) is 32.3 Å². The first-order chi connectivity index (χ1) is 5.83. The molecule has 0 aliphatic carbocycles. The lowest BCUT2D eigenvalue weighted by Gasteiger charge is -2.07. The van der Waals surface area contributed by atoms with Crippen molar-refractivity contribution in [3.8, 4) is 0 Å². The summed E-state index contributed by atoms with van der Waals surface area (Å²) >= 11 is 3.48. The normalized spacial score (nSPS) is 21.0. The maximum Gasteiger partial charge on any atom is 0.0626 e. The molecule has 1 aromatic carbocycles. The molecule has 2 nitrogen and oxygen atoms in total. The zero-order chi connectivity index (χ0) is 8.55. The maximum atomic E-state index is 9.03. The molecule has 12 heavy (non-hydrogen) atoms. The van der Waals surface area contributed by atoms with Gasteiger partial charge in [0.15, 0.2) is 0 Å². The van der Waals surface area contributed by atoms with E-state index in [2.05, 4.69) is 27.3 Å². The first-order valence-corrected chi connectivity index (χ1v) is 4.73. The van der Waals surface area contributed by atoms with Gasteiger partial charge in [0.1, 0.15) is 0 Å². The van der Waals surface area contributed by atoms with E-state index in [9.17, 15) is 0 Å². The summed E-state index contributed by atoms with van der Waals surface area (Å²) in [5.41, 5.74) is 2.49. The van der Waals surface area contributed by atoms with E-state index in [-0.39, 0.29) is 12.6 Å². The minimum atomic E-state index is 0.123. The second-order valence-electron chi connectivity index (χ2n) is 2.92. The highest BCUT2D eigenvalue weighted by molar-refractivity contribution is 9.10. The van der Waals surface area contributed by atoms with Crippen molar-refractivity contribution >= 4 is 15.9 Å². The summed E-state index contributed by atoms with van der Waals surface area (Å²) in [6.07, 6.45) is 0. The molecule has 1 aromatic rings. The van der Waals surface area contributed by atoms with Gasteiger partial charge in [-0.2, -0.15) is 0 Å². The largest absolute Gasteiger partial charge is 0.394 e. The van der Waals surface area contributed by atoms with Gasteiger partial charge in [-0.25, -0.2) is 0 Å². The Bertz CT molecular complexity index is 301. The van der Waals surface area contributed by atoms with Crippen LogP contribution in [0.3, 0.4) is 0 Å². The minimum absolute atomic E-state index is 0.123. The average molecular weight is 228 g/mol. The molecule has 1 aliphatic heterocycles. The van der Waals surface area contributed by atoms with E-state index in [0.29, 0.717) is 0 Å². The smallest absolute Gasteiger partial charge is 0.0626 e. The van der Waals surface area contributed by atoms with Gasteiger partial charge in [0.05, 0.1) is 12.6 Å². The SMILES string of the molecule is OC[C@@H]1NCc2c(Br)cccc21.